The van der Waals surface area contributed by atoms with Crippen molar-refractivity contribution in [2.45, 2.75) is 32.0 Å². The summed E-state index contributed by atoms with van der Waals surface area (Å²) in [5.74, 6) is 1.79. The predicted molar refractivity (Wildman–Crippen MR) is 137 cm³/mol. The number of nitrogens with one attached hydrogen (secondary N) is 2. The van der Waals surface area contributed by atoms with Crippen LogP contribution in [0, 0.1) is 0 Å². The highest BCUT2D eigenvalue weighted by Gasteiger charge is 2.20. The minimum Gasteiger partial charge on any atom is -0.363 e. The van der Waals surface area contributed by atoms with E-state index in [1.54, 1.807) is 0 Å². The van der Waals surface area contributed by atoms with Gasteiger partial charge >= 0.3 is 0 Å². The molecular formula is C22H32ClIN6. The van der Waals surface area contributed by atoms with Gasteiger partial charge in [0.2, 0.25) is 0 Å². The maximum atomic E-state index is 5.98. The van der Waals surface area contributed by atoms with Gasteiger partial charge in [0.05, 0.1) is 12.2 Å². The zero-order chi connectivity index (χ0) is 20.6. The summed E-state index contributed by atoms with van der Waals surface area (Å²) in [6.07, 6.45) is 2.20. The van der Waals surface area contributed by atoms with Crippen LogP contribution in [0.2, 0.25) is 5.02 Å². The number of benzene rings is 1. The van der Waals surface area contributed by atoms with Crippen LogP contribution in [0.15, 0.2) is 47.5 Å². The molecule has 1 fully saturated rings. The van der Waals surface area contributed by atoms with E-state index in [1.807, 2.05) is 56.4 Å². The van der Waals surface area contributed by atoms with Crippen molar-refractivity contribution in [3.8, 4) is 0 Å². The number of likely N-dealkylation sites (tertiary alicyclic amines) is 1. The smallest absolute Gasteiger partial charge is 0.191 e. The summed E-state index contributed by atoms with van der Waals surface area (Å²) >= 11 is 5.98. The van der Waals surface area contributed by atoms with Crippen LogP contribution in [0.3, 0.4) is 0 Å². The van der Waals surface area contributed by atoms with Crippen molar-refractivity contribution in [1.29, 1.82) is 0 Å². The van der Waals surface area contributed by atoms with Crippen molar-refractivity contribution in [2.75, 3.05) is 39.1 Å². The lowest BCUT2D eigenvalue weighted by Crippen LogP contribution is -2.48. The number of guanidine groups is 1. The highest BCUT2D eigenvalue weighted by atomic mass is 127. The molecule has 3 rings (SSSR count). The summed E-state index contributed by atoms with van der Waals surface area (Å²) < 4.78 is 0. The van der Waals surface area contributed by atoms with E-state index in [-0.39, 0.29) is 24.0 Å². The minimum atomic E-state index is 0. The van der Waals surface area contributed by atoms with Crippen LogP contribution < -0.4 is 15.5 Å². The van der Waals surface area contributed by atoms with Gasteiger partial charge in [0.25, 0.3) is 0 Å². The van der Waals surface area contributed by atoms with Crippen LogP contribution in [0.1, 0.15) is 24.1 Å². The van der Waals surface area contributed by atoms with Crippen molar-refractivity contribution in [3.63, 3.8) is 0 Å². The van der Waals surface area contributed by atoms with Crippen molar-refractivity contribution in [3.05, 3.63) is 58.7 Å². The molecule has 0 saturated carbocycles. The molecule has 0 atom stereocenters. The summed E-state index contributed by atoms with van der Waals surface area (Å²) in [5.41, 5.74) is 2.31. The normalized spacial score (nSPS) is 15.4. The van der Waals surface area contributed by atoms with Gasteiger partial charge in [-0.05, 0) is 42.7 Å². The maximum absolute atomic E-state index is 5.98. The topological polar surface area (TPSA) is 55.8 Å². The Morgan fingerprint density at radius 2 is 1.87 bits per heavy atom. The Morgan fingerprint density at radius 3 is 2.50 bits per heavy atom. The third-order valence-electron chi connectivity index (χ3n) is 5.16. The van der Waals surface area contributed by atoms with Gasteiger partial charge < -0.3 is 15.5 Å². The van der Waals surface area contributed by atoms with Gasteiger partial charge in [0, 0.05) is 51.8 Å². The van der Waals surface area contributed by atoms with Gasteiger partial charge in [-0.2, -0.15) is 0 Å². The second-order valence-corrected chi connectivity index (χ2v) is 8.06. The molecule has 2 N–H and O–H groups in total. The molecule has 0 bridgehead atoms. The molecule has 164 valence electrons. The van der Waals surface area contributed by atoms with E-state index < -0.39 is 0 Å². The van der Waals surface area contributed by atoms with Crippen molar-refractivity contribution in [1.82, 2.24) is 20.5 Å². The van der Waals surface area contributed by atoms with Crippen LogP contribution in [0.25, 0.3) is 0 Å². The lowest BCUT2D eigenvalue weighted by Gasteiger charge is -2.33. The Bertz CT molecular complexity index is 804. The SMILES string of the molecule is CN=C(NCc1cccc(N(C)C)n1)NC1CCN(Cc2ccc(Cl)cc2)CC1.I. The molecule has 1 aromatic carbocycles. The zero-order valence-electron chi connectivity index (χ0n) is 17.9. The fourth-order valence-corrected chi connectivity index (χ4v) is 3.59. The molecule has 0 radical (unpaired) electrons. The molecule has 2 heterocycles. The number of hydrogen-bond donors (Lipinski definition) is 2. The van der Waals surface area contributed by atoms with E-state index in [1.165, 1.54) is 5.56 Å². The van der Waals surface area contributed by atoms with Crippen molar-refractivity contribution >= 4 is 47.4 Å². The lowest BCUT2D eigenvalue weighted by atomic mass is 10.0. The molecule has 1 aliphatic heterocycles. The van der Waals surface area contributed by atoms with E-state index in [4.69, 9.17) is 11.6 Å². The van der Waals surface area contributed by atoms with Gasteiger partial charge in [-0.15, -0.1) is 24.0 Å². The molecule has 0 unspecified atom stereocenters. The van der Waals surface area contributed by atoms with Crippen LogP contribution in [-0.2, 0) is 13.1 Å². The number of aromatic nitrogens is 1. The minimum absolute atomic E-state index is 0. The predicted octanol–water partition coefficient (Wildman–Crippen LogP) is 3.75. The second kappa shape index (κ2) is 12.3. The number of halogens is 2. The van der Waals surface area contributed by atoms with Crippen LogP contribution >= 0.6 is 35.6 Å². The summed E-state index contributed by atoms with van der Waals surface area (Å²) in [6.45, 7) is 3.77. The van der Waals surface area contributed by atoms with E-state index >= 15 is 0 Å². The number of hydrogen-bond acceptors (Lipinski definition) is 4. The van der Waals surface area contributed by atoms with Gasteiger partial charge in [0.15, 0.2) is 5.96 Å². The first-order valence-corrected chi connectivity index (χ1v) is 10.5. The first kappa shape index (κ1) is 24.7. The largest absolute Gasteiger partial charge is 0.363 e. The molecule has 1 saturated heterocycles. The molecule has 0 amide bonds. The Balaban J connectivity index is 0.00000320. The highest BCUT2D eigenvalue weighted by molar-refractivity contribution is 14.0. The third-order valence-corrected chi connectivity index (χ3v) is 5.41. The monoisotopic (exact) mass is 542 g/mol. The van der Waals surface area contributed by atoms with Crippen molar-refractivity contribution < 1.29 is 0 Å². The van der Waals surface area contributed by atoms with E-state index in [0.717, 1.165) is 55.0 Å². The van der Waals surface area contributed by atoms with Crippen molar-refractivity contribution in [2.24, 2.45) is 4.99 Å². The Morgan fingerprint density at radius 1 is 1.17 bits per heavy atom. The van der Waals surface area contributed by atoms with Gasteiger partial charge in [-0.3, -0.25) is 9.89 Å². The number of rotatable bonds is 6. The molecule has 2 aromatic rings. The molecule has 1 aromatic heterocycles. The number of nitrogens with zero attached hydrogens (tertiary/aromatic N) is 4. The number of piperidine rings is 1. The molecule has 1 aliphatic rings. The average molecular weight is 543 g/mol. The molecule has 8 heteroatoms. The van der Waals surface area contributed by atoms with E-state index in [0.29, 0.717) is 12.6 Å². The molecule has 0 aliphatic carbocycles. The quantitative estimate of drug-likeness (QED) is 0.331. The Hall–Kier alpha value is -1.58. The summed E-state index contributed by atoms with van der Waals surface area (Å²) in [6, 6.07) is 14.6. The standard InChI is InChI=1S/C22H31ClN6.HI/c1-24-22(25-15-20-5-4-6-21(26-20)28(2)3)27-19-11-13-29(14-12-19)16-17-7-9-18(23)10-8-17;/h4-10,19H,11-16H2,1-3H3,(H2,24,25,27);1H. The first-order chi connectivity index (χ1) is 14.0. The third kappa shape index (κ3) is 7.59. The fraction of sp³-hybridized carbons (Fsp3) is 0.455. The number of pyridine rings is 1. The summed E-state index contributed by atoms with van der Waals surface area (Å²) in [5, 5.41) is 7.74. The Labute approximate surface area is 202 Å². The lowest BCUT2D eigenvalue weighted by molar-refractivity contribution is 0.198. The summed E-state index contributed by atoms with van der Waals surface area (Å²) in [4.78, 5) is 13.5. The molecular weight excluding hydrogens is 511 g/mol. The second-order valence-electron chi connectivity index (χ2n) is 7.63. The molecule has 30 heavy (non-hydrogen) atoms. The summed E-state index contributed by atoms with van der Waals surface area (Å²) in [7, 11) is 5.81. The molecule has 6 nitrogen and oxygen atoms in total. The number of anilines is 1. The highest BCUT2D eigenvalue weighted by Crippen LogP contribution is 2.16. The van der Waals surface area contributed by atoms with Gasteiger partial charge in [-0.25, -0.2) is 4.98 Å². The fourth-order valence-electron chi connectivity index (χ4n) is 3.46. The molecule has 0 spiro atoms. The van der Waals surface area contributed by atoms with Crippen LogP contribution in [-0.4, -0.2) is 56.1 Å². The van der Waals surface area contributed by atoms with E-state index in [2.05, 4.69) is 37.6 Å². The average Bonchev–Trinajstić information content (AvgIpc) is 2.74. The van der Waals surface area contributed by atoms with Gasteiger partial charge in [-0.1, -0.05) is 29.8 Å². The van der Waals surface area contributed by atoms with Gasteiger partial charge in [0.1, 0.15) is 5.82 Å². The van der Waals surface area contributed by atoms with E-state index in [9.17, 15) is 0 Å². The zero-order valence-corrected chi connectivity index (χ0v) is 21.0. The van der Waals surface area contributed by atoms with Crippen LogP contribution in [0.4, 0.5) is 5.82 Å². The van der Waals surface area contributed by atoms with Crippen LogP contribution in [0.5, 0.6) is 0 Å². The maximum Gasteiger partial charge on any atom is 0.191 e. The Kier molecular flexibility index (Phi) is 10.1. The number of aliphatic imine (C=N–C) groups is 1. The first-order valence-electron chi connectivity index (χ1n) is 10.1.